The first-order chi connectivity index (χ1) is 12.9. The molecule has 0 saturated heterocycles. The van der Waals surface area contributed by atoms with Crippen molar-refractivity contribution in [3.8, 4) is 0 Å². The maximum Gasteiger partial charge on any atom is 0.241 e. The molecule has 9 nitrogen and oxygen atoms in total. The molecule has 0 aliphatic heterocycles. The topological polar surface area (TPSA) is 102 Å². The Hall–Kier alpha value is -1.54. The summed E-state index contributed by atoms with van der Waals surface area (Å²) in [5.41, 5.74) is 7.10. The molecule has 0 saturated carbocycles. The monoisotopic (exact) mass is 397 g/mol. The molecule has 2 N–H and O–H groups in total. The van der Waals surface area contributed by atoms with Gasteiger partial charge in [0.1, 0.15) is 18.2 Å². The van der Waals surface area contributed by atoms with Crippen molar-refractivity contribution in [2.75, 3.05) is 38.3 Å². The first-order valence-corrected chi connectivity index (χ1v) is 11.3. The van der Waals surface area contributed by atoms with Gasteiger partial charge in [-0.3, -0.25) is 4.57 Å². The molecule has 0 unspecified atom stereocenters. The van der Waals surface area contributed by atoms with Gasteiger partial charge in [-0.15, -0.1) is 0 Å². The minimum Gasteiger partial charge on any atom is -0.382 e. The number of anilines is 1. The van der Waals surface area contributed by atoms with Crippen LogP contribution in [0.5, 0.6) is 0 Å². The number of rotatable bonds is 11. The van der Waals surface area contributed by atoms with Gasteiger partial charge in [0.2, 0.25) is 7.44 Å². The van der Waals surface area contributed by atoms with Gasteiger partial charge in [-0.25, -0.2) is 24.3 Å². The molecule has 1 atom stereocenters. The predicted octanol–water partition coefficient (Wildman–Crippen LogP) is 2.65. The number of hydrogen-bond donors (Lipinski definition) is 1. The van der Waals surface area contributed by atoms with Gasteiger partial charge in [-0.1, -0.05) is 27.7 Å². The van der Waals surface area contributed by atoms with Gasteiger partial charge < -0.3 is 15.0 Å². The molecule has 2 aromatic rings. The summed E-state index contributed by atoms with van der Waals surface area (Å²) in [7, 11) is -2.77. The highest BCUT2D eigenvalue weighted by atomic mass is 31.2. The van der Waals surface area contributed by atoms with Crippen molar-refractivity contribution in [2.45, 2.75) is 47.3 Å². The Morgan fingerprint density at radius 1 is 1.11 bits per heavy atom. The van der Waals surface area contributed by atoms with E-state index >= 15 is 0 Å². The van der Waals surface area contributed by atoms with Crippen LogP contribution >= 0.6 is 7.44 Å². The Bertz CT molecular complexity index is 758. The van der Waals surface area contributed by atoms with Crippen LogP contribution in [0.3, 0.4) is 0 Å². The number of ether oxygens (including phenoxy) is 1. The van der Waals surface area contributed by atoms with Crippen molar-refractivity contribution in [1.29, 1.82) is 0 Å². The summed E-state index contributed by atoms with van der Waals surface area (Å²) in [4.78, 5) is 12.5. The minimum atomic E-state index is -2.77. The highest BCUT2D eigenvalue weighted by Crippen LogP contribution is 2.52. The van der Waals surface area contributed by atoms with Crippen LogP contribution in [0.1, 0.15) is 34.6 Å². The van der Waals surface area contributed by atoms with E-state index in [0.717, 1.165) is 26.2 Å². The van der Waals surface area contributed by atoms with Crippen LogP contribution in [0, 0.1) is 0 Å². The van der Waals surface area contributed by atoms with E-state index in [9.17, 15) is 4.57 Å². The summed E-state index contributed by atoms with van der Waals surface area (Å²) >= 11 is 0. The number of hydrogen-bond acceptors (Lipinski definition) is 6. The van der Waals surface area contributed by atoms with E-state index in [2.05, 4.69) is 15.0 Å². The molecule has 0 amide bonds. The molecule has 2 aromatic heterocycles. The van der Waals surface area contributed by atoms with E-state index in [1.54, 1.807) is 6.33 Å². The average Bonchev–Trinajstić information content (AvgIpc) is 3.06. The fraction of sp³-hybridized carbons (Fsp3) is 0.706. The van der Waals surface area contributed by atoms with Gasteiger partial charge in [0.15, 0.2) is 11.5 Å². The zero-order chi connectivity index (χ0) is 20.0. The lowest BCUT2D eigenvalue weighted by Crippen LogP contribution is -2.34. The number of imidazole rings is 1. The lowest BCUT2D eigenvalue weighted by molar-refractivity contribution is 0.0796. The third kappa shape index (κ3) is 4.66. The quantitative estimate of drug-likeness (QED) is 0.577. The smallest absolute Gasteiger partial charge is 0.241 e. The molecule has 152 valence electrons. The molecule has 0 aliphatic carbocycles. The van der Waals surface area contributed by atoms with E-state index in [1.807, 2.05) is 48.5 Å². The van der Waals surface area contributed by atoms with E-state index in [-0.39, 0.29) is 12.5 Å². The van der Waals surface area contributed by atoms with Gasteiger partial charge >= 0.3 is 0 Å². The highest BCUT2D eigenvalue weighted by molar-refractivity contribution is 7.58. The van der Waals surface area contributed by atoms with Crippen LogP contribution in [-0.4, -0.2) is 67.5 Å². The average molecular weight is 397 g/mol. The standard InChI is InChI=1S/C17H32N7O2P/c1-6-23(7-2)27(25,24(8-3)9-4)13-26-14(5)10-22-12-21-15-16(18)19-11-20-17(15)22/h11-12,14H,6-10,13H2,1-5H3,(H2,18,19,20)/t14-/m1/s1. The molecule has 0 bridgehead atoms. The molecule has 0 aliphatic rings. The lowest BCUT2D eigenvalue weighted by atomic mass is 10.4. The van der Waals surface area contributed by atoms with Crippen molar-refractivity contribution in [3.05, 3.63) is 12.7 Å². The van der Waals surface area contributed by atoms with Crippen molar-refractivity contribution in [3.63, 3.8) is 0 Å². The molecule has 0 aromatic carbocycles. The van der Waals surface area contributed by atoms with Crippen LogP contribution < -0.4 is 5.73 Å². The second-order valence-corrected chi connectivity index (χ2v) is 9.10. The van der Waals surface area contributed by atoms with Crippen molar-refractivity contribution >= 4 is 24.4 Å². The van der Waals surface area contributed by atoms with Gasteiger partial charge in [-0.2, -0.15) is 0 Å². The number of nitrogen functional groups attached to an aromatic ring is 1. The Morgan fingerprint density at radius 2 is 1.70 bits per heavy atom. The van der Waals surface area contributed by atoms with Gasteiger partial charge in [0, 0.05) is 26.2 Å². The zero-order valence-electron chi connectivity index (χ0n) is 17.0. The summed E-state index contributed by atoms with van der Waals surface area (Å²) < 4.78 is 25.8. The SMILES string of the molecule is CCN(CC)P(=O)(CO[C@H](C)Cn1cnc2c(N)ncnc21)N(CC)CC. The Balaban J connectivity index is 2.11. The Morgan fingerprint density at radius 3 is 2.26 bits per heavy atom. The van der Waals surface area contributed by atoms with Crippen molar-refractivity contribution in [1.82, 2.24) is 28.9 Å². The fourth-order valence-corrected chi connectivity index (χ4v) is 6.16. The molecule has 10 heteroatoms. The summed E-state index contributed by atoms with van der Waals surface area (Å²) in [5, 5.41) is 0. The van der Waals surface area contributed by atoms with E-state index in [1.165, 1.54) is 6.33 Å². The first kappa shape index (κ1) is 21.8. The molecular weight excluding hydrogens is 365 g/mol. The molecule has 0 spiro atoms. The largest absolute Gasteiger partial charge is 0.382 e. The summed E-state index contributed by atoms with van der Waals surface area (Å²) in [6.45, 7) is 13.5. The summed E-state index contributed by atoms with van der Waals surface area (Å²) in [5.74, 6) is 0.361. The molecular formula is C17H32N7O2P. The normalized spacial score (nSPS) is 13.7. The van der Waals surface area contributed by atoms with Gasteiger partial charge in [0.25, 0.3) is 0 Å². The van der Waals surface area contributed by atoms with Crippen LogP contribution in [0.25, 0.3) is 11.2 Å². The van der Waals surface area contributed by atoms with Crippen LogP contribution in [0.15, 0.2) is 12.7 Å². The second-order valence-electron chi connectivity index (χ2n) is 6.38. The summed E-state index contributed by atoms with van der Waals surface area (Å²) in [6, 6.07) is 0. The van der Waals surface area contributed by atoms with E-state index in [0.29, 0.717) is 23.5 Å². The van der Waals surface area contributed by atoms with Crippen molar-refractivity contribution in [2.24, 2.45) is 0 Å². The predicted molar refractivity (Wildman–Crippen MR) is 109 cm³/mol. The Labute approximate surface area is 161 Å². The third-order valence-electron chi connectivity index (χ3n) is 4.75. The van der Waals surface area contributed by atoms with E-state index < -0.39 is 7.44 Å². The van der Waals surface area contributed by atoms with Crippen LogP contribution in [0.4, 0.5) is 5.82 Å². The molecule has 0 radical (unpaired) electrons. The highest BCUT2D eigenvalue weighted by Gasteiger charge is 2.34. The summed E-state index contributed by atoms with van der Waals surface area (Å²) in [6.07, 6.45) is 3.15. The molecule has 2 rings (SSSR count). The van der Waals surface area contributed by atoms with Crippen LogP contribution in [-0.2, 0) is 15.8 Å². The van der Waals surface area contributed by atoms with Gasteiger partial charge in [0.05, 0.1) is 19.0 Å². The third-order valence-corrected chi connectivity index (χ3v) is 8.14. The molecule has 27 heavy (non-hydrogen) atoms. The zero-order valence-corrected chi connectivity index (χ0v) is 17.9. The Kier molecular flexibility index (Phi) is 7.73. The number of nitrogens with zero attached hydrogens (tertiary/aromatic N) is 6. The van der Waals surface area contributed by atoms with Gasteiger partial charge in [-0.05, 0) is 6.92 Å². The molecule has 2 heterocycles. The van der Waals surface area contributed by atoms with Crippen LogP contribution in [0.2, 0.25) is 0 Å². The van der Waals surface area contributed by atoms with E-state index in [4.69, 9.17) is 10.5 Å². The number of nitrogens with two attached hydrogens (primary N) is 1. The number of aromatic nitrogens is 4. The maximum absolute atomic E-state index is 13.8. The molecule has 0 fully saturated rings. The number of fused-ring (bicyclic) bond motifs is 1. The fourth-order valence-electron chi connectivity index (χ4n) is 3.26. The maximum atomic E-state index is 13.8. The minimum absolute atomic E-state index is 0.155. The van der Waals surface area contributed by atoms with Crippen molar-refractivity contribution < 1.29 is 9.30 Å². The first-order valence-electron chi connectivity index (χ1n) is 9.53. The lowest BCUT2D eigenvalue weighted by Gasteiger charge is -2.37. The second kappa shape index (κ2) is 9.59.